The maximum atomic E-state index is 12.5. The number of amides is 1. The van der Waals surface area contributed by atoms with Crippen LogP contribution in [0.3, 0.4) is 0 Å². The molecule has 0 saturated heterocycles. The zero-order chi connectivity index (χ0) is 22.9. The SMILES string of the molecule is CC/C=C(\N)CN(CC)c1ccc(NC(=O)Cc2ccc(-c3ccnc(C)c3)cc2)nc1. The van der Waals surface area contributed by atoms with Crippen LogP contribution in [0, 0.1) is 6.92 Å². The second kappa shape index (κ2) is 11.1. The van der Waals surface area contributed by atoms with Gasteiger partial charge in [-0.05, 0) is 61.2 Å². The fourth-order valence-corrected chi connectivity index (χ4v) is 3.49. The number of nitrogens with one attached hydrogen (secondary N) is 1. The Kier molecular flexibility index (Phi) is 7.97. The lowest BCUT2D eigenvalue weighted by Gasteiger charge is -2.23. The van der Waals surface area contributed by atoms with E-state index in [0.29, 0.717) is 18.8 Å². The smallest absolute Gasteiger partial charge is 0.229 e. The van der Waals surface area contributed by atoms with Gasteiger partial charge in [0.15, 0.2) is 0 Å². The molecule has 0 spiro atoms. The molecule has 0 radical (unpaired) electrons. The highest BCUT2D eigenvalue weighted by Gasteiger charge is 2.09. The summed E-state index contributed by atoms with van der Waals surface area (Å²) in [6.07, 6.45) is 6.80. The zero-order valence-electron chi connectivity index (χ0n) is 19.0. The lowest BCUT2D eigenvalue weighted by atomic mass is 10.0. The summed E-state index contributed by atoms with van der Waals surface area (Å²) >= 11 is 0. The number of hydrogen-bond acceptors (Lipinski definition) is 5. The van der Waals surface area contributed by atoms with Gasteiger partial charge < -0.3 is 16.0 Å². The van der Waals surface area contributed by atoms with E-state index in [9.17, 15) is 4.79 Å². The first-order valence-corrected chi connectivity index (χ1v) is 11.0. The van der Waals surface area contributed by atoms with E-state index in [2.05, 4.69) is 34.0 Å². The van der Waals surface area contributed by atoms with Gasteiger partial charge in [0.2, 0.25) is 5.91 Å². The van der Waals surface area contributed by atoms with E-state index >= 15 is 0 Å². The van der Waals surface area contributed by atoms with Crippen LogP contribution in [0.5, 0.6) is 0 Å². The molecule has 0 bridgehead atoms. The van der Waals surface area contributed by atoms with Crippen LogP contribution in [0.4, 0.5) is 11.5 Å². The topological polar surface area (TPSA) is 84.1 Å². The average Bonchev–Trinajstić information content (AvgIpc) is 2.79. The molecule has 0 aliphatic carbocycles. The van der Waals surface area contributed by atoms with E-state index in [1.807, 2.05) is 61.5 Å². The molecule has 6 heteroatoms. The number of hydrogen-bond donors (Lipinski definition) is 2. The van der Waals surface area contributed by atoms with Crippen molar-refractivity contribution in [2.24, 2.45) is 5.73 Å². The van der Waals surface area contributed by atoms with Gasteiger partial charge in [-0.15, -0.1) is 0 Å². The number of anilines is 2. The Morgan fingerprint density at radius 2 is 1.84 bits per heavy atom. The number of nitrogens with two attached hydrogens (primary N) is 1. The maximum absolute atomic E-state index is 12.5. The third-order valence-corrected chi connectivity index (χ3v) is 5.15. The highest BCUT2D eigenvalue weighted by atomic mass is 16.1. The van der Waals surface area contributed by atoms with Gasteiger partial charge in [0, 0.05) is 24.1 Å². The Morgan fingerprint density at radius 1 is 1.06 bits per heavy atom. The minimum atomic E-state index is -0.0970. The second-order valence-corrected chi connectivity index (χ2v) is 7.71. The lowest BCUT2D eigenvalue weighted by molar-refractivity contribution is -0.115. The molecule has 32 heavy (non-hydrogen) atoms. The molecule has 3 aromatic rings. The van der Waals surface area contributed by atoms with Gasteiger partial charge in [0.1, 0.15) is 5.82 Å². The molecule has 0 fully saturated rings. The molecule has 3 rings (SSSR count). The molecular formula is C26H31N5O. The minimum Gasteiger partial charge on any atom is -0.401 e. The van der Waals surface area contributed by atoms with Crippen molar-refractivity contribution in [3.63, 3.8) is 0 Å². The van der Waals surface area contributed by atoms with Crippen LogP contribution >= 0.6 is 0 Å². The molecule has 0 saturated carbocycles. The first kappa shape index (κ1) is 23.0. The summed E-state index contributed by atoms with van der Waals surface area (Å²) in [6.45, 7) is 7.60. The van der Waals surface area contributed by atoms with Gasteiger partial charge in [-0.25, -0.2) is 4.98 Å². The molecule has 0 unspecified atom stereocenters. The summed E-state index contributed by atoms with van der Waals surface area (Å²) in [5.41, 5.74) is 12.0. The Bertz CT molecular complexity index is 1060. The predicted molar refractivity (Wildman–Crippen MR) is 131 cm³/mol. The van der Waals surface area contributed by atoms with Gasteiger partial charge in [-0.2, -0.15) is 0 Å². The van der Waals surface area contributed by atoms with E-state index in [1.54, 1.807) is 12.4 Å². The zero-order valence-corrected chi connectivity index (χ0v) is 19.0. The van der Waals surface area contributed by atoms with Gasteiger partial charge in [-0.1, -0.05) is 37.3 Å². The number of carbonyl (C=O) groups excluding carboxylic acids is 1. The van der Waals surface area contributed by atoms with Crippen molar-refractivity contribution in [1.29, 1.82) is 0 Å². The minimum absolute atomic E-state index is 0.0970. The molecule has 6 nitrogen and oxygen atoms in total. The van der Waals surface area contributed by atoms with Crippen molar-refractivity contribution in [2.45, 2.75) is 33.6 Å². The molecule has 0 atom stereocenters. The summed E-state index contributed by atoms with van der Waals surface area (Å²) in [5.74, 6) is 0.441. The Morgan fingerprint density at radius 3 is 2.47 bits per heavy atom. The van der Waals surface area contributed by atoms with Crippen molar-refractivity contribution >= 4 is 17.4 Å². The molecule has 0 aliphatic rings. The third-order valence-electron chi connectivity index (χ3n) is 5.15. The van der Waals surface area contributed by atoms with E-state index in [-0.39, 0.29) is 5.91 Å². The highest BCUT2D eigenvalue weighted by molar-refractivity contribution is 5.91. The molecule has 1 amide bonds. The van der Waals surface area contributed by atoms with Crippen LogP contribution < -0.4 is 16.0 Å². The Labute approximate surface area is 190 Å². The number of aromatic nitrogens is 2. The summed E-state index contributed by atoms with van der Waals surface area (Å²) < 4.78 is 0. The number of carbonyl (C=O) groups is 1. The van der Waals surface area contributed by atoms with Crippen LogP contribution in [0.2, 0.25) is 0 Å². The number of nitrogens with zero attached hydrogens (tertiary/aromatic N) is 3. The van der Waals surface area contributed by atoms with E-state index in [1.165, 1.54) is 0 Å². The quantitative estimate of drug-likeness (QED) is 0.514. The number of pyridine rings is 2. The molecule has 2 heterocycles. The second-order valence-electron chi connectivity index (χ2n) is 7.71. The molecule has 2 aromatic heterocycles. The molecule has 0 aliphatic heterocycles. The van der Waals surface area contributed by atoms with Crippen LogP contribution in [0.15, 0.2) is 72.7 Å². The fourth-order valence-electron chi connectivity index (χ4n) is 3.49. The van der Waals surface area contributed by atoms with Crippen LogP contribution in [-0.4, -0.2) is 29.0 Å². The first-order valence-electron chi connectivity index (χ1n) is 11.0. The number of likely N-dealkylation sites (N-methyl/N-ethyl adjacent to an activating group) is 1. The highest BCUT2D eigenvalue weighted by Crippen LogP contribution is 2.20. The third kappa shape index (κ3) is 6.41. The summed E-state index contributed by atoms with van der Waals surface area (Å²) in [4.78, 5) is 23.3. The number of rotatable bonds is 9. The van der Waals surface area contributed by atoms with Gasteiger partial charge in [-0.3, -0.25) is 9.78 Å². The standard InChI is InChI=1S/C26H31N5O/c1-4-6-23(27)18-31(5-2)24-11-12-25(29-17-24)30-26(32)16-20-7-9-21(10-8-20)22-13-14-28-19(3)15-22/h6-15,17H,4-5,16,18,27H2,1-3H3,(H,29,30,32)/b23-6-. The largest absolute Gasteiger partial charge is 0.401 e. The van der Waals surface area contributed by atoms with Gasteiger partial charge in [0.25, 0.3) is 0 Å². The van der Waals surface area contributed by atoms with Crippen molar-refractivity contribution in [1.82, 2.24) is 9.97 Å². The van der Waals surface area contributed by atoms with Crippen LogP contribution in [-0.2, 0) is 11.2 Å². The van der Waals surface area contributed by atoms with Gasteiger partial charge >= 0.3 is 0 Å². The Hall–Kier alpha value is -3.67. The van der Waals surface area contributed by atoms with Crippen LogP contribution in [0.25, 0.3) is 11.1 Å². The number of benzene rings is 1. The van der Waals surface area contributed by atoms with E-state index in [0.717, 1.165) is 46.7 Å². The van der Waals surface area contributed by atoms with Crippen molar-refractivity contribution in [3.05, 3.63) is 84.0 Å². The maximum Gasteiger partial charge on any atom is 0.229 e. The molecule has 166 valence electrons. The number of aryl methyl sites for hydroxylation is 1. The normalized spacial score (nSPS) is 11.3. The van der Waals surface area contributed by atoms with Crippen LogP contribution in [0.1, 0.15) is 31.5 Å². The van der Waals surface area contributed by atoms with Crippen molar-refractivity contribution in [2.75, 3.05) is 23.3 Å². The lowest BCUT2D eigenvalue weighted by Crippen LogP contribution is -2.28. The molecule has 1 aromatic carbocycles. The summed E-state index contributed by atoms with van der Waals surface area (Å²) in [6, 6.07) is 15.8. The average molecular weight is 430 g/mol. The van der Waals surface area contributed by atoms with E-state index < -0.39 is 0 Å². The number of allylic oxidation sites excluding steroid dienone is 1. The first-order chi connectivity index (χ1) is 15.5. The monoisotopic (exact) mass is 429 g/mol. The Balaban J connectivity index is 1.58. The summed E-state index contributed by atoms with van der Waals surface area (Å²) in [7, 11) is 0. The predicted octanol–water partition coefficient (Wildman–Crippen LogP) is 4.71. The fraction of sp³-hybridized carbons (Fsp3) is 0.269. The van der Waals surface area contributed by atoms with Gasteiger partial charge in [0.05, 0.1) is 24.8 Å². The van der Waals surface area contributed by atoms with Crippen molar-refractivity contribution < 1.29 is 4.79 Å². The van der Waals surface area contributed by atoms with E-state index in [4.69, 9.17) is 5.73 Å². The summed E-state index contributed by atoms with van der Waals surface area (Å²) in [5, 5.41) is 2.88. The molecule has 3 N–H and O–H groups in total. The molecular weight excluding hydrogens is 398 g/mol. The van der Waals surface area contributed by atoms with Crippen molar-refractivity contribution in [3.8, 4) is 11.1 Å².